The smallest absolute Gasteiger partial charge is 0.149 e. The Balaban J connectivity index is 2.72. The average molecular weight is 239 g/mol. The summed E-state index contributed by atoms with van der Waals surface area (Å²) in [5, 5.41) is 8.99. The molecule has 4 heteroatoms. The largest absolute Gasteiger partial charge is 0.394 e. The number of hydrogen-bond acceptors (Lipinski definition) is 4. The molecule has 0 aliphatic heterocycles. The zero-order valence-electron chi connectivity index (χ0n) is 10.8. The standard InChI is InChI=1S/C13H21NO3/c1-4-9(8-15)14-7-10-11(16)5-13(2,3)6-12(10)17/h7,9-10,15H,4-6,8H2,1-3H3. The fraction of sp³-hybridized carbons (Fsp3) is 0.769. The van der Waals surface area contributed by atoms with Gasteiger partial charge in [0.2, 0.25) is 0 Å². The van der Waals surface area contributed by atoms with Crippen LogP contribution in [0.25, 0.3) is 0 Å². The molecule has 1 unspecified atom stereocenters. The number of aliphatic hydroxyl groups excluding tert-OH is 1. The lowest BCUT2D eigenvalue weighted by molar-refractivity contribution is -0.136. The predicted octanol–water partition coefficient (Wildman–Crippen LogP) is 1.40. The van der Waals surface area contributed by atoms with Crippen LogP contribution in [-0.4, -0.2) is 35.5 Å². The van der Waals surface area contributed by atoms with Crippen LogP contribution in [0.5, 0.6) is 0 Å². The van der Waals surface area contributed by atoms with Gasteiger partial charge in [0.15, 0.2) is 0 Å². The van der Waals surface area contributed by atoms with E-state index in [1.54, 1.807) is 0 Å². The molecule has 0 amide bonds. The molecule has 1 fully saturated rings. The van der Waals surface area contributed by atoms with Crippen LogP contribution >= 0.6 is 0 Å². The first kappa shape index (κ1) is 14.0. The lowest BCUT2D eigenvalue weighted by Crippen LogP contribution is -2.38. The highest BCUT2D eigenvalue weighted by molar-refractivity contribution is 6.16. The molecule has 0 aromatic carbocycles. The van der Waals surface area contributed by atoms with Gasteiger partial charge in [0.05, 0.1) is 12.6 Å². The molecule has 0 radical (unpaired) electrons. The number of rotatable bonds is 4. The summed E-state index contributed by atoms with van der Waals surface area (Å²) in [5.74, 6) is -0.797. The summed E-state index contributed by atoms with van der Waals surface area (Å²) in [6, 6.07) is -0.203. The number of Topliss-reactive ketones (excluding diaryl/α,β-unsaturated/α-hetero) is 2. The minimum atomic E-state index is -0.691. The van der Waals surface area contributed by atoms with Crippen molar-refractivity contribution < 1.29 is 14.7 Å². The van der Waals surface area contributed by atoms with Crippen molar-refractivity contribution in [1.29, 1.82) is 0 Å². The van der Waals surface area contributed by atoms with E-state index in [1.165, 1.54) is 6.21 Å². The Kier molecular flexibility index (Phi) is 4.57. The van der Waals surface area contributed by atoms with Gasteiger partial charge < -0.3 is 5.11 Å². The fourth-order valence-corrected chi connectivity index (χ4v) is 2.06. The maximum absolute atomic E-state index is 11.8. The number of hydrogen-bond donors (Lipinski definition) is 1. The third kappa shape index (κ3) is 3.73. The number of nitrogens with zero attached hydrogens (tertiary/aromatic N) is 1. The van der Waals surface area contributed by atoms with Crippen LogP contribution in [0, 0.1) is 11.3 Å². The molecule has 96 valence electrons. The molecular weight excluding hydrogens is 218 g/mol. The van der Waals surface area contributed by atoms with Gasteiger partial charge in [-0.25, -0.2) is 0 Å². The normalized spacial score (nSPS) is 23.3. The molecule has 1 aliphatic rings. The highest BCUT2D eigenvalue weighted by atomic mass is 16.3. The summed E-state index contributed by atoms with van der Waals surface area (Å²) in [5.41, 5.74) is -0.223. The van der Waals surface area contributed by atoms with Crippen LogP contribution in [0.2, 0.25) is 0 Å². The van der Waals surface area contributed by atoms with E-state index < -0.39 is 5.92 Å². The Labute approximate surface area is 102 Å². The quantitative estimate of drug-likeness (QED) is 0.595. The number of carbonyl (C=O) groups is 2. The minimum absolute atomic E-state index is 0.0480. The Morgan fingerprint density at radius 3 is 2.35 bits per heavy atom. The SMILES string of the molecule is CCC(CO)N=CC1C(=O)CC(C)(C)CC1=O. The van der Waals surface area contributed by atoms with Gasteiger partial charge in [-0.3, -0.25) is 14.6 Å². The molecule has 0 bridgehead atoms. The number of aliphatic imine (C=N–C) groups is 1. The van der Waals surface area contributed by atoms with E-state index in [2.05, 4.69) is 4.99 Å². The van der Waals surface area contributed by atoms with Gasteiger partial charge in [-0.15, -0.1) is 0 Å². The summed E-state index contributed by atoms with van der Waals surface area (Å²) in [7, 11) is 0. The van der Waals surface area contributed by atoms with Crippen molar-refractivity contribution in [3.05, 3.63) is 0 Å². The summed E-state index contributed by atoms with van der Waals surface area (Å²) >= 11 is 0. The van der Waals surface area contributed by atoms with Gasteiger partial charge in [-0.05, 0) is 11.8 Å². The first-order valence-corrected chi connectivity index (χ1v) is 6.09. The molecule has 0 aromatic rings. The van der Waals surface area contributed by atoms with Gasteiger partial charge in [0.1, 0.15) is 17.5 Å². The first-order chi connectivity index (χ1) is 7.89. The van der Waals surface area contributed by atoms with Gasteiger partial charge in [-0.2, -0.15) is 0 Å². The molecule has 1 atom stereocenters. The van der Waals surface area contributed by atoms with E-state index in [0.717, 1.165) is 0 Å². The van der Waals surface area contributed by atoms with E-state index in [9.17, 15) is 9.59 Å². The molecule has 0 saturated heterocycles. The number of aliphatic hydroxyl groups is 1. The van der Waals surface area contributed by atoms with E-state index in [4.69, 9.17) is 5.11 Å². The Bertz CT molecular complexity index is 310. The molecule has 1 N–H and O–H groups in total. The lowest BCUT2D eigenvalue weighted by atomic mass is 9.72. The van der Waals surface area contributed by atoms with Crippen molar-refractivity contribution >= 4 is 17.8 Å². The van der Waals surface area contributed by atoms with Gasteiger partial charge in [0.25, 0.3) is 0 Å². The zero-order valence-corrected chi connectivity index (χ0v) is 10.8. The Hall–Kier alpha value is -1.03. The third-order valence-corrected chi connectivity index (χ3v) is 3.13. The van der Waals surface area contributed by atoms with Crippen molar-refractivity contribution in [1.82, 2.24) is 0 Å². The second-order valence-electron chi connectivity index (χ2n) is 5.47. The highest BCUT2D eigenvalue weighted by Gasteiger charge is 2.38. The van der Waals surface area contributed by atoms with Crippen molar-refractivity contribution in [2.24, 2.45) is 16.3 Å². The summed E-state index contributed by atoms with van der Waals surface area (Å²) in [6.07, 6.45) is 2.98. The molecule has 4 nitrogen and oxygen atoms in total. The van der Waals surface area contributed by atoms with Crippen LogP contribution in [-0.2, 0) is 9.59 Å². The number of carbonyl (C=O) groups excluding carboxylic acids is 2. The fourth-order valence-electron chi connectivity index (χ4n) is 2.06. The summed E-state index contributed by atoms with van der Waals surface area (Å²) in [6.45, 7) is 5.72. The predicted molar refractivity (Wildman–Crippen MR) is 66.2 cm³/mol. The van der Waals surface area contributed by atoms with Crippen LogP contribution < -0.4 is 0 Å². The topological polar surface area (TPSA) is 66.7 Å². The molecule has 0 spiro atoms. The molecule has 1 aliphatic carbocycles. The molecule has 0 heterocycles. The molecule has 0 aromatic heterocycles. The van der Waals surface area contributed by atoms with E-state index >= 15 is 0 Å². The molecule has 1 saturated carbocycles. The highest BCUT2D eigenvalue weighted by Crippen LogP contribution is 2.33. The Morgan fingerprint density at radius 2 is 1.94 bits per heavy atom. The lowest BCUT2D eigenvalue weighted by Gasteiger charge is -2.30. The second-order valence-corrected chi connectivity index (χ2v) is 5.47. The molecule has 17 heavy (non-hydrogen) atoms. The van der Waals surface area contributed by atoms with Crippen molar-refractivity contribution in [2.75, 3.05) is 6.61 Å². The van der Waals surface area contributed by atoms with Crippen LogP contribution in [0.3, 0.4) is 0 Å². The summed E-state index contributed by atoms with van der Waals surface area (Å²) < 4.78 is 0. The second kappa shape index (κ2) is 5.54. The Morgan fingerprint density at radius 1 is 1.41 bits per heavy atom. The van der Waals surface area contributed by atoms with Gasteiger partial charge >= 0.3 is 0 Å². The maximum Gasteiger partial charge on any atom is 0.149 e. The maximum atomic E-state index is 11.8. The average Bonchev–Trinajstić information content (AvgIpc) is 2.21. The van der Waals surface area contributed by atoms with E-state index in [0.29, 0.717) is 19.3 Å². The van der Waals surface area contributed by atoms with Crippen molar-refractivity contribution in [3.8, 4) is 0 Å². The summed E-state index contributed by atoms with van der Waals surface area (Å²) in [4.78, 5) is 27.8. The monoisotopic (exact) mass is 239 g/mol. The van der Waals surface area contributed by atoms with Crippen molar-refractivity contribution in [3.63, 3.8) is 0 Å². The minimum Gasteiger partial charge on any atom is -0.394 e. The van der Waals surface area contributed by atoms with Crippen LogP contribution in [0.4, 0.5) is 0 Å². The van der Waals surface area contributed by atoms with Crippen molar-refractivity contribution in [2.45, 2.75) is 46.1 Å². The molecule has 1 rings (SSSR count). The molecular formula is C13H21NO3. The van der Waals surface area contributed by atoms with E-state index in [1.807, 2.05) is 20.8 Å². The zero-order chi connectivity index (χ0) is 13.1. The first-order valence-electron chi connectivity index (χ1n) is 6.09. The third-order valence-electron chi connectivity index (χ3n) is 3.13. The van der Waals surface area contributed by atoms with Crippen LogP contribution in [0.1, 0.15) is 40.0 Å². The van der Waals surface area contributed by atoms with Crippen LogP contribution in [0.15, 0.2) is 4.99 Å². The number of ketones is 2. The van der Waals surface area contributed by atoms with Gasteiger partial charge in [-0.1, -0.05) is 20.8 Å². The van der Waals surface area contributed by atoms with E-state index in [-0.39, 0.29) is 29.6 Å². The van der Waals surface area contributed by atoms with Gasteiger partial charge in [0, 0.05) is 19.1 Å².